The summed E-state index contributed by atoms with van der Waals surface area (Å²) in [5, 5.41) is 5.99. The van der Waals surface area contributed by atoms with Gasteiger partial charge in [-0.3, -0.25) is 14.7 Å². The molecule has 34 heavy (non-hydrogen) atoms. The predicted octanol–water partition coefficient (Wildman–Crippen LogP) is 2.79. The number of methoxy groups -OCH3 is 1. The topological polar surface area (TPSA) is 86.8 Å². The lowest BCUT2D eigenvalue weighted by molar-refractivity contribution is -0.138. The fourth-order valence-electron chi connectivity index (χ4n) is 4.78. The van der Waals surface area contributed by atoms with Gasteiger partial charge in [-0.05, 0) is 61.1 Å². The summed E-state index contributed by atoms with van der Waals surface area (Å²) in [6.07, 6.45) is 7.00. The first-order valence-electron chi connectivity index (χ1n) is 12.2. The van der Waals surface area contributed by atoms with Crippen LogP contribution in [-0.4, -0.2) is 66.1 Å². The quantitative estimate of drug-likeness (QED) is 0.657. The molecule has 0 unspecified atom stereocenters. The van der Waals surface area contributed by atoms with Gasteiger partial charge in [-0.2, -0.15) is 0 Å². The van der Waals surface area contributed by atoms with Crippen LogP contribution in [0.5, 0.6) is 5.75 Å². The van der Waals surface area contributed by atoms with E-state index in [1.165, 1.54) is 5.56 Å². The van der Waals surface area contributed by atoms with Crippen LogP contribution in [0.15, 0.2) is 48.8 Å². The number of nitrogens with one attached hydrogen (secondary N) is 2. The fraction of sp³-hybridized carbons (Fsp3) is 0.500. The predicted molar refractivity (Wildman–Crippen MR) is 130 cm³/mol. The molecule has 1 aliphatic heterocycles. The molecule has 2 aliphatic rings. The maximum Gasteiger partial charge on any atom is 0.315 e. The van der Waals surface area contributed by atoms with Crippen LogP contribution in [0, 0.1) is 5.92 Å². The molecule has 1 aliphatic carbocycles. The standard InChI is InChI=1S/C26H35N5O3/c1-34-24-8-2-20(3-9-24)18-28-26(33)29-23-6-4-22(5-7-23)25(32)31-16-14-30(15-17-31)19-21-10-12-27-13-11-21/h2-3,8-13,22-23H,4-7,14-19H2,1H3,(H2,28,29,33). The lowest BCUT2D eigenvalue weighted by Crippen LogP contribution is -2.51. The van der Waals surface area contributed by atoms with E-state index in [0.717, 1.165) is 69.7 Å². The monoisotopic (exact) mass is 465 g/mol. The van der Waals surface area contributed by atoms with E-state index in [1.54, 1.807) is 7.11 Å². The Labute approximate surface area is 201 Å². The van der Waals surface area contributed by atoms with E-state index in [-0.39, 0.29) is 23.9 Å². The summed E-state index contributed by atoms with van der Waals surface area (Å²) in [5.74, 6) is 1.16. The molecule has 1 aromatic heterocycles. The summed E-state index contributed by atoms with van der Waals surface area (Å²) in [5.41, 5.74) is 2.28. The van der Waals surface area contributed by atoms with E-state index in [0.29, 0.717) is 6.54 Å². The summed E-state index contributed by atoms with van der Waals surface area (Å²) in [6.45, 7) is 4.75. The number of ether oxygens (including phenoxy) is 1. The second kappa shape index (κ2) is 11.8. The molecule has 0 atom stereocenters. The minimum absolute atomic E-state index is 0.0761. The molecule has 2 fully saturated rings. The number of pyridine rings is 1. The van der Waals surface area contributed by atoms with Gasteiger partial charge in [0.25, 0.3) is 0 Å². The van der Waals surface area contributed by atoms with E-state index in [2.05, 4.69) is 20.5 Å². The highest BCUT2D eigenvalue weighted by atomic mass is 16.5. The van der Waals surface area contributed by atoms with E-state index < -0.39 is 0 Å². The largest absolute Gasteiger partial charge is 0.497 e. The van der Waals surface area contributed by atoms with Crippen molar-refractivity contribution in [1.82, 2.24) is 25.4 Å². The smallest absolute Gasteiger partial charge is 0.315 e. The molecule has 2 N–H and O–H groups in total. The van der Waals surface area contributed by atoms with Crippen LogP contribution in [0.4, 0.5) is 4.79 Å². The van der Waals surface area contributed by atoms with Gasteiger partial charge in [-0.15, -0.1) is 0 Å². The van der Waals surface area contributed by atoms with Gasteiger partial charge >= 0.3 is 6.03 Å². The number of benzene rings is 1. The Morgan fingerprint density at radius 2 is 1.62 bits per heavy atom. The van der Waals surface area contributed by atoms with Gasteiger partial charge in [0.05, 0.1) is 7.11 Å². The molecule has 4 rings (SSSR count). The molecule has 1 saturated carbocycles. The van der Waals surface area contributed by atoms with Gasteiger partial charge in [0, 0.05) is 63.6 Å². The molecule has 0 radical (unpaired) electrons. The number of carbonyl (C=O) groups excluding carboxylic acids is 2. The molecule has 8 nitrogen and oxygen atoms in total. The molecule has 0 bridgehead atoms. The van der Waals surface area contributed by atoms with Crippen molar-refractivity contribution in [1.29, 1.82) is 0 Å². The zero-order chi connectivity index (χ0) is 23.8. The van der Waals surface area contributed by atoms with E-state index >= 15 is 0 Å². The summed E-state index contributed by atoms with van der Waals surface area (Å²) >= 11 is 0. The van der Waals surface area contributed by atoms with Crippen molar-refractivity contribution in [2.45, 2.75) is 44.8 Å². The molecular formula is C26H35N5O3. The lowest BCUT2D eigenvalue weighted by atomic mass is 9.85. The Kier molecular flexibility index (Phi) is 8.36. The zero-order valence-corrected chi connectivity index (χ0v) is 19.9. The first-order valence-corrected chi connectivity index (χ1v) is 12.2. The van der Waals surface area contributed by atoms with Crippen LogP contribution in [0.2, 0.25) is 0 Å². The third kappa shape index (κ3) is 6.70. The van der Waals surface area contributed by atoms with Crippen molar-refractivity contribution in [2.75, 3.05) is 33.3 Å². The van der Waals surface area contributed by atoms with Crippen molar-refractivity contribution in [3.8, 4) is 5.75 Å². The van der Waals surface area contributed by atoms with Gasteiger partial charge in [0.2, 0.25) is 5.91 Å². The summed E-state index contributed by atoms with van der Waals surface area (Å²) in [7, 11) is 1.63. The number of hydrogen-bond donors (Lipinski definition) is 2. The third-order valence-electron chi connectivity index (χ3n) is 6.86. The van der Waals surface area contributed by atoms with E-state index in [9.17, 15) is 9.59 Å². The molecule has 1 saturated heterocycles. The highest BCUT2D eigenvalue weighted by molar-refractivity contribution is 5.79. The average molecular weight is 466 g/mol. The Balaban J connectivity index is 1.13. The first-order chi connectivity index (χ1) is 16.6. The zero-order valence-electron chi connectivity index (χ0n) is 19.9. The highest BCUT2D eigenvalue weighted by Gasteiger charge is 2.31. The average Bonchev–Trinajstić information content (AvgIpc) is 2.89. The second-order valence-electron chi connectivity index (χ2n) is 9.18. The van der Waals surface area contributed by atoms with Crippen LogP contribution in [0.3, 0.4) is 0 Å². The Hall–Kier alpha value is -3.13. The highest BCUT2D eigenvalue weighted by Crippen LogP contribution is 2.26. The third-order valence-corrected chi connectivity index (χ3v) is 6.86. The lowest BCUT2D eigenvalue weighted by Gasteiger charge is -2.38. The molecule has 8 heteroatoms. The number of carbonyl (C=O) groups is 2. The molecule has 2 heterocycles. The van der Waals surface area contributed by atoms with Gasteiger partial charge in [-0.1, -0.05) is 12.1 Å². The summed E-state index contributed by atoms with van der Waals surface area (Å²) in [4.78, 5) is 33.8. The molecule has 0 spiro atoms. The second-order valence-corrected chi connectivity index (χ2v) is 9.18. The number of aromatic nitrogens is 1. The summed E-state index contributed by atoms with van der Waals surface area (Å²) < 4.78 is 5.16. The fourth-order valence-corrected chi connectivity index (χ4v) is 4.78. The minimum Gasteiger partial charge on any atom is -0.497 e. The Bertz CT molecular complexity index is 921. The van der Waals surface area contributed by atoms with Crippen LogP contribution in [0.1, 0.15) is 36.8 Å². The van der Waals surface area contributed by atoms with Crippen LogP contribution in [-0.2, 0) is 17.9 Å². The Morgan fingerprint density at radius 3 is 2.26 bits per heavy atom. The van der Waals surface area contributed by atoms with Gasteiger partial charge in [0.1, 0.15) is 5.75 Å². The molecule has 2 aromatic rings. The first kappa shape index (κ1) is 24.0. The number of amides is 3. The number of hydrogen-bond acceptors (Lipinski definition) is 5. The normalized spacial score (nSPS) is 21.0. The van der Waals surface area contributed by atoms with Gasteiger partial charge in [0.15, 0.2) is 0 Å². The van der Waals surface area contributed by atoms with Crippen LogP contribution >= 0.6 is 0 Å². The maximum atomic E-state index is 13.0. The van der Waals surface area contributed by atoms with Crippen molar-refractivity contribution in [3.63, 3.8) is 0 Å². The van der Waals surface area contributed by atoms with Crippen LogP contribution in [0.25, 0.3) is 0 Å². The van der Waals surface area contributed by atoms with E-state index in [1.807, 2.05) is 53.7 Å². The maximum absolute atomic E-state index is 13.0. The number of piperazine rings is 1. The van der Waals surface area contributed by atoms with Crippen molar-refractivity contribution in [2.24, 2.45) is 5.92 Å². The molecular weight excluding hydrogens is 430 g/mol. The van der Waals surface area contributed by atoms with Crippen LogP contribution < -0.4 is 15.4 Å². The number of nitrogens with zero attached hydrogens (tertiary/aromatic N) is 3. The van der Waals surface area contributed by atoms with Crippen molar-refractivity contribution < 1.29 is 14.3 Å². The Morgan fingerprint density at radius 1 is 0.941 bits per heavy atom. The van der Waals surface area contributed by atoms with Crippen molar-refractivity contribution in [3.05, 3.63) is 59.9 Å². The molecule has 1 aromatic carbocycles. The van der Waals surface area contributed by atoms with Crippen molar-refractivity contribution >= 4 is 11.9 Å². The molecule has 182 valence electrons. The minimum atomic E-state index is -0.157. The van der Waals surface area contributed by atoms with Gasteiger partial charge in [-0.25, -0.2) is 4.79 Å². The SMILES string of the molecule is COc1ccc(CNC(=O)NC2CCC(C(=O)N3CCN(Cc4ccncc4)CC3)CC2)cc1. The van der Waals surface area contributed by atoms with E-state index in [4.69, 9.17) is 4.74 Å². The number of urea groups is 1. The van der Waals surface area contributed by atoms with Gasteiger partial charge < -0.3 is 20.3 Å². The summed E-state index contributed by atoms with van der Waals surface area (Å²) in [6, 6.07) is 11.7. The number of rotatable bonds is 7. The molecule has 3 amide bonds.